The third kappa shape index (κ3) is 4.03. The van der Waals surface area contributed by atoms with Crippen molar-refractivity contribution >= 4 is 22.3 Å². The number of para-hydroxylation sites is 1. The molecule has 0 spiro atoms. The summed E-state index contributed by atoms with van der Waals surface area (Å²) in [5, 5.41) is 8.79. The van der Waals surface area contributed by atoms with Gasteiger partial charge in [-0.1, -0.05) is 30.3 Å². The molecule has 0 aliphatic carbocycles. The lowest BCUT2D eigenvalue weighted by Gasteiger charge is -2.36. The van der Waals surface area contributed by atoms with E-state index in [1.807, 2.05) is 48.5 Å². The van der Waals surface area contributed by atoms with Crippen molar-refractivity contribution in [1.29, 1.82) is 0 Å². The maximum atomic E-state index is 13.2. The zero-order valence-corrected chi connectivity index (χ0v) is 16.6. The number of ether oxygens (including phenoxy) is 1. The van der Waals surface area contributed by atoms with Gasteiger partial charge in [0, 0.05) is 38.3 Å². The van der Waals surface area contributed by atoms with Crippen LogP contribution in [0, 0.1) is 0 Å². The average molecular weight is 400 g/mol. The summed E-state index contributed by atoms with van der Waals surface area (Å²) >= 11 is 0. The number of fused-ring (bicyclic) bond motifs is 2. The van der Waals surface area contributed by atoms with Crippen LogP contribution in [0.4, 0.5) is 5.69 Å². The van der Waals surface area contributed by atoms with E-state index in [0.717, 1.165) is 59.6 Å². The van der Waals surface area contributed by atoms with E-state index in [-0.39, 0.29) is 6.61 Å². The number of benzene rings is 2. The first-order valence-electron chi connectivity index (χ1n) is 9.63. The number of aliphatic imine (C=N–C) groups is 1. The summed E-state index contributed by atoms with van der Waals surface area (Å²) in [4.78, 5) is 11.2. The maximum absolute atomic E-state index is 13.2. The Morgan fingerprint density at radius 3 is 2.46 bits per heavy atom. The summed E-state index contributed by atoms with van der Waals surface area (Å²) in [6.45, 7) is 5.53. The largest absolute Gasteiger partial charge is 0.394 e. The summed E-state index contributed by atoms with van der Waals surface area (Å²) in [5.41, 5.74) is 1.74. The minimum Gasteiger partial charge on any atom is -0.394 e. The maximum Gasteiger partial charge on any atom is 0.137 e. The van der Waals surface area contributed by atoms with Crippen LogP contribution >= 0.6 is 0 Å². The van der Waals surface area contributed by atoms with Gasteiger partial charge in [0.1, 0.15) is 5.84 Å². The lowest BCUT2D eigenvalue weighted by atomic mass is 10.1. The second-order valence-electron chi connectivity index (χ2n) is 6.83. The fourth-order valence-electron chi connectivity index (χ4n) is 3.60. The lowest BCUT2D eigenvalue weighted by molar-refractivity contribution is 0.0652. The number of rotatable bonds is 5. The van der Waals surface area contributed by atoms with Crippen LogP contribution < -0.4 is 0 Å². The predicted molar refractivity (Wildman–Crippen MR) is 110 cm³/mol. The first kappa shape index (κ1) is 19.3. The SMILES string of the molecule is O=[S@@]1c2ccccc2N=C(N2CCN(CCOCCO)CC2)c2ccccc21. The number of nitrogens with zero attached hydrogens (tertiary/aromatic N) is 3. The molecule has 0 saturated carbocycles. The van der Waals surface area contributed by atoms with Gasteiger partial charge in [0.2, 0.25) is 0 Å². The Bertz CT molecular complexity index is 879. The number of hydrogen-bond acceptors (Lipinski definition) is 6. The van der Waals surface area contributed by atoms with Gasteiger partial charge in [-0.05, 0) is 18.2 Å². The first-order valence-corrected chi connectivity index (χ1v) is 10.8. The third-order valence-electron chi connectivity index (χ3n) is 5.08. The molecule has 28 heavy (non-hydrogen) atoms. The zero-order chi connectivity index (χ0) is 19.3. The average Bonchev–Trinajstić information content (AvgIpc) is 2.87. The molecule has 0 amide bonds. The molecule has 2 aliphatic rings. The molecule has 1 fully saturated rings. The molecular weight excluding hydrogens is 374 g/mol. The molecule has 2 aromatic carbocycles. The van der Waals surface area contributed by atoms with Gasteiger partial charge in [-0.25, -0.2) is 9.20 Å². The van der Waals surface area contributed by atoms with Crippen molar-refractivity contribution in [3.63, 3.8) is 0 Å². The Morgan fingerprint density at radius 1 is 0.964 bits per heavy atom. The first-order chi connectivity index (χ1) is 13.8. The van der Waals surface area contributed by atoms with Gasteiger partial charge in [-0.2, -0.15) is 0 Å². The van der Waals surface area contributed by atoms with Gasteiger partial charge in [0.05, 0.1) is 46.1 Å². The molecule has 0 aromatic heterocycles. The summed E-state index contributed by atoms with van der Waals surface area (Å²) in [6.07, 6.45) is 0. The standard InChI is InChI=1S/C21H25N3O3S/c25-14-16-27-15-13-23-9-11-24(12-10-23)21-17-5-1-3-7-19(17)28(26)20-8-4-2-6-18(20)22-21/h1-8,25H,9-16H2/t28-/m0/s1. The van der Waals surface area contributed by atoms with Crippen molar-refractivity contribution in [2.45, 2.75) is 9.79 Å². The second-order valence-corrected chi connectivity index (χ2v) is 8.25. The minimum atomic E-state index is -1.23. The smallest absolute Gasteiger partial charge is 0.137 e. The van der Waals surface area contributed by atoms with Crippen molar-refractivity contribution in [2.75, 3.05) is 52.5 Å². The number of hydrogen-bond donors (Lipinski definition) is 1. The third-order valence-corrected chi connectivity index (χ3v) is 6.58. The zero-order valence-electron chi connectivity index (χ0n) is 15.8. The lowest BCUT2D eigenvalue weighted by Crippen LogP contribution is -2.49. The normalized spacial score (nSPS) is 19.5. The topological polar surface area (TPSA) is 65.4 Å². The van der Waals surface area contributed by atoms with E-state index in [4.69, 9.17) is 14.8 Å². The van der Waals surface area contributed by atoms with Gasteiger partial charge >= 0.3 is 0 Å². The van der Waals surface area contributed by atoms with Crippen LogP contribution in [0.25, 0.3) is 0 Å². The van der Waals surface area contributed by atoms with Gasteiger partial charge in [-0.3, -0.25) is 4.90 Å². The van der Waals surface area contributed by atoms with Crippen molar-refractivity contribution in [3.05, 3.63) is 54.1 Å². The molecule has 7 heteroatoms. The highest BCUT2D eigenvalue weighted by Gasteiger charge is 2.27. The molecule has 148 valence electrons. The highest BCUT2D eigenvalue weighted by molar-refractivity contribution is 7.85. The minimum absolute atomic E-state index is 0.0653. The van der Waals surface area contributed by atoms with E-state index < -0.39 is 10.8 Å². The molecule has 0 unspecified atom stereocenters. The molecule has 2 aliphatic heterocycles. The molecule has 1 N–H and O–H groups in total. The summed E-state index contributed by atoms with van der Waals surface area (Å²) < 4.78 is 18.5. The fraction of sp³-hybridized carbons (Fsp3) is 0.381. The molecule has 2 heterocycles. The van der Waals surface area contributed by atoms with Crippen molar-refractivity contribution in [2.24, 2.45) is 4.99 Å². The number of aliphatic hydroxyl groups is 1. The Labute approximate surface area is 167 Å². The molecule has 6 nitrogen and oxygen atoms in total. The van der Waals surface area contributed by atoms with Crippen molar-refractivity contribution in [3.8, 4) is 0 Å². The van der Waals surface area contributed by atoms with E-state index in [1.165, 1.54) is 0 Å². The number of aliphatic hydroxyl groups excluding tert-OH is 1. The second kappa shape index (κ2) is 8.96. The van der Waals surface area contributed by atoms with Gasteiger partial charge in [-0.15, -0.1) is 0 Å². The molecule has 4 rings (SSSR count). The van der Waals surface area contributed by atoms with E-state index in [9.17, 15) is 4.21 Å². The Morgan fingerprint density at radius 2 is 1.68 bits per heavy atom. The van der Waals surface area contributed by atoms with Gasteiger partial charge in [0.15, 0.2) is 0 Å². The Kier molecular flexibility index (Phi) is 6.17. The summed E-state index contributed by atoms with van der Waals surface area (Å²) in [7, 11) is -1.23. The van der Waals surface area contributed by atoms with Crippen LogP contribution in [0.15, 0.2) is 63.3 Å². The molecule has 1 atom stereocenters. The van der Waals surface area contributed by atoms with Gasteiger partial charge < -0.3 is 14.7 Å². The molecule has 2 aromatic rings. The fourth-order valence-corrected chi connectivity index (χ4v) is 4.90. The molecule has 1 saturated heterocycles. The van der Waals surface area contributed by atoms with Gasteiger partial charge in [0.25, 0.3) is 0 Å². The van der Waals surface area contributed by atoms with Crippen molar-refractivity contribution in [1.82, 2.24) is 9.80 Å². The molecule has 0 radical (unpaired) electrons. The highest BCUT2D eigenvalue weighted by atomic mass is 32.2. The van der Waals surface area contributed by atoms with Crippen molar-refractivity contribution < 1.29 is 14.1 Å². The van der Waals surface area contributed by atoms with Crippen LogP contribution in [0.1, 0.15) is 5.56 Å². The predicted octanol–water partition coefficient (Wildman–Crippen LogP) is 1.87. The van der Waals surface area contributed by atoms with E-state index >= 15 is 0 Å². The number of piperazine rings is 1. The monoisotopic (exact) mass is 399 g/mol. The van der Waals surface area contributed by atoms with Crippen LogP contribution in [-0.4, -0.2) is 77.5 Å². The van der Waals surface area contributed by atoms with Crippen LogP contribution in [0.2, 0.25) is 0 Å². The molecule has 0 bridgehead atoms. The van der Waals surface area contributed by atoms with E-state index in [2.05, 4.69) is 9.80 Å². The van der Waals surface area contributed by atoms with Crippen LogP contribution in [0.5, 0.6) is 0 Å². The summed E-state index contributed by atoms with van der Waals surface area (Å²) in [6, 6.07) is 15.6. The highest BCUT2D eigenvalue weighted by Crippen LogP contribution is 2.33. The van der Waals surface area contributed by atoms with Crippen LogP contribution in [0.3, 0.4) is 0 Å². The van der Waals surface area contributed by atoms with E-state index in [1.54, 1.807) is 0 Å². The molecular formula is C21H25N3O3S. The quantitative estimate of drug-likeness (QED) is 0.778. The summed E-state index contributed by atoms with van der Waals surface area (Å²) in [5.74, 6) is 0.907. The Balaban J connectivity index is 1.55. The number of amidine groups is 1. The van der Waals surface area contributed by atoms with E-state index in [0.29, 0.717) is 13.2 Å². The van der Waals surface area contributed by atoms with Crippen LogP contribution in [-0.2, 0) is 15.5 Å². The Hall–Kier alpha value is -2.06.